The van der Waals surface area contributed by atoms with E-state index in [9.17, 15) is 0 Å². The summed E-state index contributed by atoms with van der Waals surface area (Å²) in [5, 5.41) is 4.42. The van der Waals surface area contributed by atoms with E-state index in [1.165, 1.54) is 0 Å². The fourth-order valence-corrected chi connectivity index (χ4v) is 4.64. The predicted octanol–water partition coefficient (Wildman–Crippen LogP) is 8.21. The van der Waals surface area contributed by atoms with Gasteiger partial charge in [0.2, 0.25) is 0 Å². The third-order valence-corrected chi connectivity index (χ3v) is 6.14. The number of fused-ring (bicyclic) bond motifs is 7. The Kier molecular flexibility index (Phi) is 3.55. The van der Waals surface area contributed by atoms with Gasteiger partial charge < -0.3 is 8.83 Å². The van der Waals surface area contributed by atoms with Crippen molar-refractivity contribution in [2.75, 3.05) is 0 Å². The van der Waals surface area contributed by atoms with Crippen molar-refractivity contribution in [3.8, 4) is 22.4 Å². The Labute approximate surface area is 183 Å². The second kappa shape index (κ2) is 6.56. The molecule has 0 fully saturated rings. The second-order valence-electron chi connectivity index (χ2n) is 8.02. The molecule has 150 valence electrons. The Balaban J connectivity index is 1.44. The smallest absolute Gasteiger partial charge is 0.136 e. The molecule has 3 heteroatoms. The first-order valence-corrected chi connectivity index (χ1v) is 10.6. The van der Waals surface area contributed by atoms with Crippen molar-refractivity contribution < 1.29 is 8.83 Å². The average molecular weight is 411 g/mol. The molecule has 4 aromatic carbocycles. The average Bonchev–Trinajstić information content (AvgIpc) is 3.42. The first-order valence-electron chi connectivity index (χ1n) is 10.6. The number of nitrogens with zero attached hydrogens (tertiary/aromatic N) is 1. The third-order valence-electron chi connectivity index (χ3n) is 6.14. The lowest BCUT2D eigenvalue weighted by Gasteiger charge is -2.05. The molecule has 0 amide bonds. The normalized spacial score (nSPS) is 11.8. The van der Waals surface area contributed by atoms with E-state index in [4.69, 9.17) is 8.83 Å². The molecule has 0 aliphatic rings. The Bertz CT molecular complexity index is 1770. The summed E-state index contributed by atoms with van der Waals surface area (Å²) in [7, 11) is 0. The monoisotopic (exact) mass is 411 g/mol. The summed E-state index contributed by atoms with van der Waals surface area (Å²) in [5.41, 5.74) is 7.79. The van der Waals surface area contributed by atoms with Crippen molar-refractivity contribution in [2.45, 2.75) is 0 Å². The SMILES string of the molecule is c1ccc(-c2cc(-c3ccc4c(c3)oc3ccc5oc6ccccc6c5c34)ccn2)cc1. The van der Waals surface area contributed by atoms with Gasteiger partial charge in [0, 0.05) is 33.3 Å². The maximum Gasteiger partial charge on any atom is 0.136 e. The summed E-state index contributed by atoms with van der Waals surface area (Å²) in [6.07, 6.45) is 1.86. The Morgan fingerprint density at radius 1 is 0.469 bits per heavy atom. The molecule has 0 N–H and O–H groups in total. The minimum Gasteiger partial charge on any atom is -0.456 e. The van der Waals surface area contributed by atoms with Crippen LogP contribution in [0.5, 0.6) is 0 Å². The summed E-state index contributed by atoms with van der Waals surface area (Å²) in [4.78, 5) is 4.56. The third kappa shape index (κ3) is 2.51. The van der Waals surface area contributed by atoms with Crippen LogP contribution in [-0.2, 0) is 0 Å². The van der Waals surface area contributed by atoms with Crippen LogP contribution < -0.4 is 0 Å². The zero-order chi connectivity index (χ0) is 21.1. The van der Waals surface area contributed by atoms with Gasteiger partial charge in [-0.3, -0.25) is 4.98 Å². The number of hydrogen-bond donors (Lipinski definition) is 0. The zero-order valence-electron chi connectivity index (χ0n) is 17.1. The highest BCUT2D eigenvalue weighted by molar-refractivity contribution is 6.25. The number of pyridine rings is 1. The van der Waals surface area contributed by atoms with Gasteiger partial charge in [-0.2, -0.15) is 0 Å². The lowest BCUT2D eigenvalue weighted by Crippen LogP contribution is -1.85. The Hall–Kier alpha value is -4.37. The molecule has 3 nitrogen and oxygen atoms in total. The van der Waals surface area contributed by atoms with Crippen molar-refractivity contribution >= 4 is 43.9 Å². The Morgan fingerprint density at radius 3 is 2.00 bits per heavy atom. The van der Waals surface area contributed by atoms with Crippen LogP contribution in [0.25, 0.3) is 66.3 Å². The summed E-state index contributed by atoms with van der Waals surface area (Å²) in [6, 6.07) is 33.0. The van der Waals surface area contributed by atoms with Crippen molar-refractivity contribution in [1.29, 1.82) is 0 Å². The molecule has 0 aliphatic heterocycles. The van der Waals surface area contributed by atoms with Gasteiger partial charge in [0.25, 0.3) is 0 Å². The van der Waals surface area contributed by atoms with Crippen LogP contribution in [0, 0.1) is 0 Å². The largest absolute Gasteiger partial charge is 0.456 e. The lowest BCUT2D eigenvalue weighted by molar-refractivity contribution is 0.663. The summed E-state index contributed by atoms with van der Waals surface area (Å²) >= 11 is 0. The molecule has 0 saturated heterocycles. The van der Waals surface area contributed by atoms with Crippen molar-refractivity contribution in [1.82, 2.24) is 4.98 Å². The molecule has 0 saturated carbocycles. The quantitative estimate of drug-likeness (QED) is 0.288. The van der Waals surface area contributed by atoms with E-state index in [1.54, 1.807) is 0 Å². The van der Waals surface area contributed by atoms with Gasteiger partial charge in [-0.25, -0.2) is 0 Å². The highest BCUT2D eigenvalue weighted by Crippen LogP contribution is 2.40. The van der Waals surface area contributed by atoms with Crippen LogP contribution in [0.4, 0.5) is 0 Å². The minimum absolute atomic E-state index is 0.869. The maximum atomic E-state index is 6.30. The molecule has 0 bridgehead atoms. The number of furan rings is 2. The van der Waals surface area contributed by atoms with Gasteiger partial charge in [-0.1, -0.05) is 54.6 Å². The van der Waals surface area contributed by atoms with Crippen molar-refractivity contribution in [3.63, 3.8) is 0 Å². The van der Waals surface area contributed by atoms with E-state index in [0.29, 0.717) is 0 Å². The molecule has 32 heavy (non-hydrogen) atoms. The molecule has 7 aromatic rings. The van der Waals surface area contributed by atoms with Crippen LogP contribution in [0.1, 0.15) is 0 Å². The molecule has 0 spiro atoms. The molecule has 3 heterocycles. The van der Waals surface area contributed by atoms with Crippen LogP contribution in [0.15, 0.2) is 112 Å². The molecular formula is C29H17NO2. The molecule has 0 atom stereocenters. The highest BCUT2D eigenvalue weighted by atomic mass is 16.3. The van der Waals surface area contributed by atoms with E-state index in [1.807, 2.05) is 60.8 Å². The van der Waals surface area contributed by atoms with Crippen LogP contribution in [0.2, 0.25) is 0 Å². The van der Waals surface area contributed by atoms with E-state index in [0.717, 1.165) is 66.3 Å². The molecule has 0 radical (unpaired) electrons. The first-order chi connectivity index (χ1) is 15.8. The fourth-order valence-electron chi connectivity index (χ4n) is 4.64. The van der Waals surface area contributed by atoms with Gasteiger partial charge in [-0.15, -0.1) is 0 Å². The van der Waals surface area contributed by atoms with Crippen LogP contribution in [0.3, 0.4) is 0 Å². The number of aromatic nitrogens is 1. The van der Waals surface area contributed by atoms with Gasteiger partial charge >= 0.3 is 0 Å². The number of para-hydroxylation sites is 1. The second-order valence-corrected chi connectivity index (χ2v) is 8.02. The lowest BCUT2D eigenvalue weighted by atomic mass is 10.0. The van der Waals surface area contributed by atoms with Crippen LogP contribution in [-0.4, -0.2) is 4.98 Å². The fraction of sp³-hybridized carbons (Fsp3) is 0. The number of benzene rings is 4. The van der Waals surface area contributed by atoms with Gasteiger partial charge in [0.05, 0.1) is 5.69 Å². The van der Waals surface area contributed by atoms with Gasteiger partial charge in [0.15, 0.2) is 0 Å². The van der Waals surface area contributed by atoms with Crippen molar-refractivity contribution in [2.24, 2.45) is 0 Å². The highest BCUT2D eigenvalue weighted by Gasteiger charge is 2.16. The van der Waals surface area contributed by atoms with Crippen LogP contribution >= 0.6 is 0 Å². The Morgan fingerprint density at radius 2 is 1.16 bits per heavy atom. The first kappa shape index (κ1) is 17.3. The number of hydrogen-bond acceptors (Lipinski definition) is 3. The zero-order valence-corrected chi connectivity index (χ0v) is 17.1. The maximum absolute atomic E-state index is 6.30. The van der Waals surface area contributed by atoms with Crippen molar-refractivity contribution in [3.05, 3.63) is 103 Å². The molecule has 3 aromatic heterocycles. The van der Waals surface area contributed by atoms with E-state index >= 15 is 0 Å². The van der Waals surface area contributed by atoms with E-state index in [-0.39, 0.29) is 0 Å². The molecule has 0 unspecified atom stereocenters. The standard InChI is InChI=1S/C29H17NO2/c1-2-6-18(7-3-1)23-16-20(14-15-30-23)19-10-11-22-27(17-19)32-26-13-12-25-28(29(22)26)21-8-4-5-9-24(21)31-25/h1-17H. The topological polar surface area (TPSA) is 39.2 Å². The molecular weight excluding hydrogens is 394 g/mol. The summed E-state index contributed by atoms with van der Waals surface area (Å²) in [6.45, 7) is 0. The predicted molar refractivity (Wildman–Crippen MR) is 130 cm³/mol. The summed E-state index contributed by atoms with van der Waals surface area (Å²) in [5.74, 6) is 0. The van der Waals surface area contributed by atoms with Gasteiger partial charge in [-0.05, 0) is 53.6 Å². The summed E-state index contributed by atoms with van der Waals surface area (Å²) < 4.78 is 12.4. The minimum atomic E-state index is 0.869. The van der Waals surface area contributed by atoms with Gasteiger partial charge in [0.1, 0.15) is 22.3 Å². The molecule has 7 rings (SSSR count). The molecule has 0 aliphatic carbocycles. The van der Waals surface area contributed by atoms with E-state index < -0.39 is 0 Å². The number of rotatable bonds is 2. The van der Waals surface area contributed by atoms with E-state index in [2.05, 4.69) is 47.4 Å².